The number of aryl methyl sites for hydroxylation is 1. The van der Waals surface area contributed by atoms with Crippen LogP contribution in [0.2, 0.25) is 0 Å². The van der Waals surface area contributed by atoms with E-state index in [1.807, 2.05) is 13.0 Å². The van der Waals surface area contributed by atoms with Gasteiger partial charge in [0, 0.05) is 54.9 Å². The van der Waals surface area contributed by atoms with Crippen LogP contribution in [0.4, 0.5) is 4.39 Å². The topological polar surface area (TPSA) is 87.4 Å². The van der Waals surface area contributed by atoms with Crippen LogP contribution in [-0.4, -0.2) is 77.1 Å². The van der Waals surface area contributed by atoms with Crippen molar-refractivity contribution in [1.82, 2.24) is 25.1 Å². The first-order chi connectivity index (χ1) is 16.4. The Morgan fingerprint density at radius 2 is 2.00 bits per heavy atom. The summed E-state index contributed by atoms with van der Waals surface area (Å²) in [6.07, 6.45) is 4.44. The van der Waals surface area contributed by atoms with Crippen molar-refractivity contribution in [2.45, 2.75) is 26.2 Å². The normalized spacial score (nSPS) is 17.1. The molecule has 1 aliphatic heterocycles. The Morgan fingerprint density at radius 3 is 2.79 bits per heavy atom. The minimum atomic E-state index is -0.358. The molecule has 0 radical (unpaired) electrons. The van der Waals surface area contributed by atoms with Gasteiger partial charge in [-0.05, 0) is 63.5 Å². The summed E-state index contributed by atoms with van der Waals surface area (Å²) < 4.78 is 14.0. The van der Waals surface area contributed by atoms with E-state index in [0.29, 0.717) is 28.6 Å². The molecule has 1 aromatic carbocycles. The van der Waals surface area contributed by atoms with Crippen molar-refractivity contribution in [3.8, 4) is 5.88 Å². The number of fused-ring (bicyclic) bond motifs is 2. The fourth-order valence-corrected chi connectivity index (χ4v) is 5.24. The molecule has 1 saturated heterocycles. The fraction of sp³-hybridized carbons (Fsp3) is 0.423. The number of nitrogens with zero attached hydrogens (tertiary/aromatic N) is 2. The predicted molar refractivity (Wildman–Crippen MR) is 132 cm³/mol. The van der Waals surface area contributed by atoms with E-state index in [1.165, 1.54) is 12.1 Å². The molecule has 3 heterocycles. The van der Waals surface area contributed by atoms with Gasteiger partial charge in [-0.25, -0.2) is 4.39 Å². The summed E-state index contributed by atoms with van der Waals surface area (Å²) in [6, 6.07) is 4.42. The van der Waals surface area contributed by atoms with Gasteiger partial charge in [-0.15, -0.1) is 0 Å². The highest BCUT2D eigenvalue weighted by molar-refractivity contribution is 6.03. The summed E-state index contributed by atoms with van der Waals surface area (Å²) >= 11 is 0. The molecule has 0 spiro atoms. The average Bonchev–Trinajstić information content (AvgIpc) is 3.32. The number of piperazine rings is 1. The van der Waals surface area contributed by atoms with Crippen LogP contribution in [0.25, 0.3) is 16.5 Å². The third kappa shape index (κ3) is 4.23. The van der Waals surface area contributed by atoms with Crippen LogP contribution < -0.4 is 5.32 Å². The number of aromatic hydroxyl groups is 1. The summed E-state index contributed by atoms with van der Waals surface area (Å²) in [7, 11) is 2.15. The van der Waals surface area contributed by atoms with Crippen LogP contribution in [0.5, 0.6) is 5.88 Å². The number of rotatable bonds is 6. The Morgan fingerprint density at radius 1 is 1.21 bits per heavy atom. The minimum absolute atomic E-state index is 0.00172. The zero-order chi connectivity index (χ0) is 23.8. The highest BCUT2D eigenvalue weighted by Crippen LogP contribution is 2.41. The quantitative estimate of drug-likeness (QED) is 0.420. The molecule has 5 rings (SSSR count). The van der Waals surface area contributed by atoms with Crippen molar-refractivity contribution in [2.75, 3.05) is 46.3 Å². The Hall–Kier alpha value is -3.10. The molecule has 7 nitrogen and oxygen atoms in total. The molecule has 1 fully saturated rings. The zero-order valence-corrected chi connectivity index (χ0v) is 19.8. The average molecular weight is 466 g/mol. The molecule has 3 aromatic rings. The third-order valence-electron chi connectivity index (χ3n) is 7.07. The van der Waals surface area contributed by atoms with Crippen LogP contribution >= 0.6 is 0 Å². The molecule has 0 unspecified atom stereocenters. The molecular weight excluding hydrogens is 433 g/mol. The number of hydrogen-bond acceptors (Lipinski definition) is 4. The number of allylic oxidation sites excluding steroid dienone is 1. The van der Waals surface area contributed by atoms with Gasteiger partial charge in [-0.2, -0.15) is 0 Å². The second-order valence-electron chi connectivity index (χ2n) is 9.43. The molecule has 180 valence electrons. The maximum Gasteiger partial charge on any atom is 0.253 e. The Labute approximate surface area is 198 Å². The van der Waals surface area contributed by atoms with Gasteiger partial charge in [0.2, 0.25) is 0 Å². The molecule has 8 heteroatoms. The second-order valence-corrected chi connectivity index (χ2v) is 9.43. The van der Waals surface area contributed by atoms with Gasteiger partial charge in [-0.3, -0.25) is 4.79 Å². The molecule has 0 bridgehead atoms. The lowest BCUT2D eigenvalue weighted by Crippen LogP contribution is -2.45. The van der Waals surface area contributed by atoms with E-state index in [4.69, 9.17) is 0 Å². The summed E-state index contributed by atoms with van der Waals surface area (Å²) in [5.41, 5.74) is 5.31. The Balaban J connectivity index is 1.33. The van der Waals surface area contributed by atoms with Crippen molar-refractivity contribution in [3.05, 3.63) is 58.2 Å². The van der Waals surface area contributed by atoms with Crippen molar-refractivity contribution in [3.63, 3.8) is 0 Å². The van der Waals surface area contributed by atoms with Gasteiger partial charge >= 0.3 is 0 Å². The largest absolute Gasteiger partial charge is 0.494 e. The number of nitrogens with one attached hydrogen (secondary N) is 3. The molecule has 1 amide bonds. The molecule has 0 atom stereocenters. The zero-order valence-electron chi connectivity index (χ0n) is 19.8. The fourth-order valence-electron chi connectivity index (χ4n) is 5.24. The van der Waals surface area contributed by atoms with Gasteiger partial charge in [0.15, 0.2) is 5.88 Å². The minimum Gasteiger partial charge on any atom is -0.494 e. The van der Waals surface area contributed by atoms with Crippen molar-refractivity contribution < 1.29 is 14.3 Å². The molecule has 4 N–H and O–H groups in total. The third-order valence-corrected chi connectivity index (χ3v) is 7.07. The molecular formula is C26H32FN5O2. The lowest BCUT2D eigenvalue weighted by atomic mass is 9.89. The van der Waals surface area contributed by atoms with Gasteiger partial charge in [0.05, 0.1) is 16.8 Å². The van der Waals surface area contributed by atoms with Crippen LogP contribution in [0.15, 0.2) is 24.3 Å². The number of hydrogen-bond donors (Lipinski definition) is 4. The van der Waals surface area contributed by atoms with E-state index in [-0.39, 0.29) is 17.6 Å². The van der Waals surface area contributed by atoms with Gasteiger partial charge in [0.1, 0.15) is 5.82 Å². The molecule has 2 aromatic heterocycles. The first-order valence-corrected chi connectivity index (χ1v) is 12.0. The summed E-state index contributed by atoms with van der Waals surface area (Å²) in [5.74, 6) is -0.422. The van der Waals surface area contributed by atoms with Crippen LogP contribution in [-0.2, 0) is 6.42 Å². The number of aromatic nitrogens is 2. The van der Waals surface area contributed by atoms with Crippen molar-refractivity contribution in [2.24, 2.45) is 0 Å². The van der Waals surface area contributed by atoms with E-state index in [2.05, 4.69) is 32.1 Å². The van der Waals surface area contributed by atoms with Gasteiger partial charge in [0.25, 0.3) is 5.91 Å². The predicted octanol–water partition coefficient (Wildman–Crippen LogP) is 3.39. The number of carbonyl (C=O) groups is 1. The lowest BCUT2D eigenvalue weighted by Gasteiger charge is -2.32. The number of likely N-dealkylation sites (N-methyl/N-ethyl adjacent to an activating group) is 1. The molecule has 34 heavy (non-hydrogen) atoms. The number of H-pyrrole nitrogens is 2. The number of aromatic amines is 2. The van der Waals surface area contributed by atoms with Crippen molar-refractivity contribution >= 4 is 22.4 Å². The number of halogens is 1. The Kier molecular flexibility index (Phi) is 6.18. The van der Waals surface area contributed by atoms with Crippen molar-refractivity contribution in [1.29, 1.82) is 0 Å². The van der Waals surface area contributed by atoms with E-state index in [9.17, 15) is 14.3 Å². The lowest BCUT2D eigenvalue weighted by molar-refractivity contribution is 0.0948. The van der Waals surface area contributed by atoms with E-state index in [1.54, 1.807) is 6.07 Å². The summed E-state index contributed by atoms with van der Waals surface area (Å²) in [5, 5.41) is 14.4. The highest BCUT2D eigenvalue weighted by Gasteiger charge is 2.28. The van der Waals surface area contributed by atoms with Gasteiger partial charge in [-0.1, -0.05) is 6.08 Å². The summed E-state index contributed by atoms with van der Waals surface area (Å²) in [6.45, 7) is 7.87. The van der Waals surface area contributed by atoms with Gasteiger partial charge < -0.3 is 30.2 Å². The van der Waals surface area contributed by atoms with E-state index >= 15 is 0 Å². The molecule has 0 saturated carbocycles. The van der Waals surface area contributed by atoms with Crippen LogP contribution in [0.3, 0.4) is 0 Å². The maximum absolute atomic E-state index is 14.0. The van der Waals surface area contributed by atoms with E-state index < -0.39 is 0 Å². The first-order valence-electron chi connectivity index (χ1n) is 12.0. The number of carbonyl (C=O) groups excluding carboxylic acids is 1. The number of benzene rings is 1. The van der Waals surface area contributed by atoms with Crippen LogP contribution in [0, 0.1) is 12.7 Å². The first kappa shape index (κ1) is 22.7. The second kappa shape index (κ2) is 9.27. The smallest absolute Gasteiger partial charge is 0.253 e. The SMILES string of the molecule is Cc1[nH]c2c(c1C(=O)NCCCN1CCN(C)CC1)CCC=C2c1c(O)[nH]c2ccc(F)cc12. The molecule has 2 aliphatic rings. The monoisotopic (exact) mass is 465 g/mol. The Bertz CT molecular complexity index is 1250. The molecule has 1 aliphatic carbocycles. The number of amides is 1. The summed E-state index contributed by atoms with van der Waals surface area (Å²) in [4.78, 5) is 24.2. The maximum atomic E-state index is 14.0. The highest BCUT2D eigenvalue weighted by atomic mass is 19.1. The van der Waals surface area contributed by atoms with E-state index in [0.717, 1.165) is 74.5 Å². The standard InChI is InChI=1S/C26H32FN5O2/c1-16-22(25(33)28-9-4-10-32-13-11-31(2)12-14-32)18-5-3-6-19(24(18)29-16)23-20-15-17(27)7-8-21(20)30-26(23)34/h6-8,15,29-30,34H,3-5,9-14H2,1-2H3,(H,28,33). The van der Waals surface area contributed by atoms with Crippen LogP contribution in [0.1, 0.15) is 45.7 Å².